The Hall–Kier alpha value is -2.62. The van der Waals surface area contributed by atoms with E-state index < -0.39 is 6.04 Å². The van der Waals surface area contributed by atoms with Gasteiger partial charge < -0.3 is 10.2 Å². The summed E-state index contributed by atoms with van der Waals surface area (Å²) in [7, 11) is 0. The molecule has 4 nitrogen and oxygen atoms in total. The fraction of sp³-hybridized carbons (Fsp3) is 0.440. The summed E-state index contributed by atoms with van der Waals surface area (Å²) in [6.45, 7) is 14.2. The van der Waals surface area contributed by atoms with Gasteiger partial charge in [-0.15, -0.1) is 0 Å². The highest BCUT2D eigenvalue weighted by Crippen LogP contribution is 2.16. The number of nitrogens with zero attached hydrogens (tertiary/aromatic N) is 1. The van der Waals surface area contributed by atoms with E-state index in [0.29, 0.717) is 6.54 Å². The highest BCUT2D eigenvalue weighted by atomic mass is 16.2. The van der Waals surface area contributed by atoms with Gasteiger partial charge in [-0.25, -0.2) is 0 Å². The van der Waals surface area contributed by atoms with Crippen molar-refractivity contribution in [3.63, 3.8) is 0 Å². The minimum Gasteiger partial charge on any atom is -0.350 e. The summed E-state index contributed by atoms with van der Waals surface area (Å²) in [4.78, 5) is 27.7. The maximum atomic E-state index is 13.2. The molecule has 0 saturated heterocycles. The Kier molecular flexibility index (Phi) is 7.23. The average molecular weight is 395 g/mol. The van der Waals surface area contributed by atoms with Crippen LogP contribution in [0, 0.1) is 20.8 Å². The Morgan fingerprint density at radius 3 is 2.07 bits per heavy atom. The van der Waals surface area contributed by atoms with Gasteiger partial charge in [0.1, 0.15) is 6.04 Å². The zero-order chi connectivity index (χ0) is 21.8. The number of carbonyl (C=O) groups is 2. The van der Waals surface area contributed by atoms with Crippen molar-refractivity contribution in [1.82, 2.24) is 10.2 Å². The molecule has 2 amide bonds. The molecule has 1 atom stereocenters. The largest absolute Gasteiger partial charge is 0.350 e. The highest BCUT2D eigenvalue weighted by Gasteiger charge is 2.28. The molecular weight excluding hydrogens is 360 g/mol. The molecule has 0 spiro atoms. The molecular formula is C25H34N2O2. The molecule has 0 aliphatic rings. The Morgan fingerprint density at radius 1 is 0.931 bits per heavy atom. The van der Waals surface area contributed by atoms with Crippen molar-refractivity contribution in [2.75, 3.05) is 0 Å². The van der Waals surface area contributed by atoms with Gasteiger partial charge in [-0.3, -0.25) is 9.59 Å². The number of nitrogens with one attached hydrogen (secondary N) is 1. The van der Waals surface area contributed by atoms with Crippen molar-refractivity contribution in [3.05, 3.63) is 70.3 Å². The molecule has 0 bridgehead atoms. The van der Waals surface area contributed by atoms with Crippen LogP contribution in [0.25, 0.3) is 0 Å². The monoisotopic (exact) mass is 394 g/mol. The van der Waals surface area contributed by atoms with E-state index in [-0.39, 0.29) is 23.8 Å². The Morgan fingerprint density at radius 2 is 1.52 bits per heavy atom. The van der Waals surface area contributed by atoms with Gasteiger partial charge in [-0.05, 0) is 70.7 Å². The second-order valence-electron chi connectivity index (χ2n) is 9.02. The van der Waals surface area contributed by atoms with Gasteiger partial charge in [0, 0.05) is 12.1 Å². The summed E-state index contributed by atoms with van der Waals surface area (Å²) in [6, 6.07) is 13.6. The molecule has 0 aromatic heterocycles. The van der Waals surface area contributed by atoms with E-state index in [1.165, 1.54) is 16.7 Å². The number of carbonyl (C=O) groups excluding carboxylic acids is 2. The van der Waals surface area contributed by atoms with Crippen LogP contribution in [0.5, 0.6) is 0 Å². The van der Waals surface area contributed by atoms with Crippen molar-refractivity contribution in [2.45, 2.75) is 73.0 Å². The molecule has 0 saturated carbocycles. The smallest absolute Gasteiger partial charge is 0.242 e. The van der Waals surface area contributed by atoms with E-state index in [2.05, 4.69) is 18.3 Å². The lowest BCUT2D eigenvalue weighted by Gasteiger charge is -2.31. The van der Waals surface area contributed by atoms with Gasteiger partial charge in [0.05, 0.1) is 6.42 Å². The lowest BCUT2D eigenvalue weighted by molar-refractivity contribution is -0.140. The molecule has 156 valence electrons. The number of rotatable bonds is 6. The Balaban J connectivity index is 2.26. The van der Waals surface area contributed by atoms with Crippen molar-refractivity contribution >= 4 is 11.8 Å². The summed E-state index contributed by atoms with van der Waals surface area (Å²) < 4.78 is 0. The van der Waals surface area contributed by atoms with Gasteiger partial charge in [-0.1, -0.05) is 48.0 Å². The topological polar surface area (TPSA) is 49.4 Å². The minimum atomic E-state index is -0.561. The van der Waals surface area contributed by atoms with Gasteiger partial charge in [-0.2, -0.15) is 0 Å². The molecule has 2 aromatic carbocycles. The summed E-state index contributed by atoms with van der Waals surface area (Å²) in [5, 5.41) is 3.00. The lowest BCUT2D eigenvalue weighted by atomic mass is 10.0. The average Bonchev–Trinajstić information content (AvgIpc) is 2.62. The molecule has 0 radical (unpaired) electrons. The summed E-state index contributed by atoms with van der Waals surface area (Å²) in [5.74, 6) is -0.191. The first kappa shape index (κ1) is 22.7. The third-order valence-electron chi connectivity index (χ3n) is 5.07. The summed E-state index contributed by atoms with van der Waals surface area (Å²) in [5.41, 5.74) is 5.17. The maximum absolute atomic E-state index is 13.2. The fourth-order valence-electron chi connectivity index (χ4n) is 3.14. The molecule has 4 heteroatoms. The normalized spacial score (nSPS) is 12.4. The van der Waals surface area contributed by atoms with Crippen molar-refractivity contribution in [1.29, 1.82) is 0 Å². The number of aryl methyl sites for hydroxylation is 3. The summed E-state index contributed by atoms with van der Waals surface area (Å²) in [6.07, 6.45) is 0.278. The predicted molar refractivity (Wildman–Crippen MR) is 119 cm³/mol. The van der Waals surface area contributed by atoms with Crippen LogP contribution in [0.3, 0.4) is 0 Å². The molecule has 2 aromatic rings. The predicted octanol–water partition coefficient (Wildman–Crippen LogP) is 4.49. The van der Waals surface area contributed by atoms with Gasteiger partial charge in [0.2, 0.25) is 11.8 Å². The van der Waals surface area contributed by atoms with Crippen molar-refractivity contribution in [3.8, 4) is 0 Å². The fourth-order valence-corrected chi connectivity index (χ4v) is 3.14. The molecule has 0 aliphatic heterocycles. The maximum Gasteiger partial charge on any atom is 0.242 e. The second kappa shape index (κ2) is 9.25. The highest BCUT2D eigenvalue weighted by molar-refractivity contribution is 5.88. The number of benzene rings is 2. The quantitative estimate of drug-likeness (QED) is 0.785. The van der Waals surface area contributed by atoms with Crippen LogP contribution in [-0.2, 0) is 22.6 Å². The van der Waals surface area contributed by atoms with Crippen LogP contribution >= 0.6 is 0 Å². The van der Waals surface area contributed by atoms with E-state index >= 15 is 0 Å². The van der Waals surface area contributed by atoms with Crippen molar-refractivity contribution in [2.24, 2.45) is 0 Å². The lowest BCUT2D eigenvalue weighted by Crippen LogP contribution is -2.52. The minimum absolute atomic E-state index is 0.0506. The van der Waals surface area contributed by atoms with Crippen LogP contribution in [-0.4, -0.2) is 28.3 Å². The first-order chi connectivity index (χ1) is 13.5. The van der Waals surface area contributed by atoms with E-state index in [1.807, 2.05) is 71.0 Å². The van der Waals surface area contributed by atoms with Crippen molar-refractivity contribution < 1.29 is 9.59 Å². The summed E-state index contributed by atoms with van der Waals surface area (Å²) >= 11 is 0. The van der Waals surface area contributed by atoms with Crippen LogP contribution < -0.4 is 5.32 Å². The first-order valence-electron chi connectivity index (χ1n) is 10.2. The van der Waals surface area contributed by atoms with Crippen LogP contribution in [0.4, 0.5) is 0 Å². The number of hydrogen-bond acceptors (Lipinski definition) is 2. The first-order valence-corrected chi connectivity index (χ1v) is 10.2. The van der Waals surface area contributed by atoms with E-state index in [9.17, 15) is 9.59 Å². The molecule has 2 rings (SSSR count). The molecule has 0 fully saturated rings. The third kappa shape index (κ3) is 6.74. The third-order valence-corrected chi connectivity index (χ3v) is 5.07. The zero-order valence-electron chi connectivity index (χ0n) is 18.8. The Bertz CT molecular complexity index is 863. The van der Waals surface area contributed by atoms with E-state index in [4.69, 9.17) is 0 Å². The van der Waals surface area contributed by atoms with Crippen LogP contribution in [0.1, 0.15) is 55.5 Å². The molecule has 0 aliphatic carbocycles. The number of amides is 2. The van der Waals surface area contributed by atoms with Gasteiger partial charge >= 0.3 is 0 Å². The van der Waals surface area contributed by atoms with Crippen LogP contribution in [0.15, 0.2) is 42.5 Å². The van der Waals surface area contributed by atoms with Gasteiger partial charge in [0.25, 0.3) is 0 Å². The standard InChI is InChI=1S/C25H34N2O2/c1-17-8-11-21(12-9-17)16-27(20(4)24(29)26-25(5,6)7)23(28)15-22-13-10-18(2)19(3)14-22/h8-14,20H,15-16H2,1-7H3,(H,26,29)/t20-/m0/s1. The van der Waals surface area contributed by atoms with E-state index in [1.54, 1.807) is 11.8 Å². The molecule has 0 unspecified atom stereocenters. The van der Waals surface area contributed by atoms with Gasteiger partial charge in [0.15, 0.2) is 0 Å². The molecule has 1 N–H and O–H groups in total. The second-order valence-corrected chi connectivity index (χ2v) is 9.02. The zero-order valence-corrected chi connectivity index (χ0v) is 18.8. The Labute approximate surface area is 175 Å². The SMILES string of the molecule is Cc1ccc(CN(C(=O)Cc2ccc(C)c(C)c2)[C@@H](C)C(=O)NC(C)(C)C)cc1. The number of hydrogen-bond donors (Lipinski definition) is 1. The van der Waals surface area contributed by atoms with E-state index in [0.717, 1.165) is 11.1 Å². The molecule has 0 heterocycles. The van der Waals surface area contributed by atoms with Crippen LogP contribution in [0.2, 0.25) is 0 Å². The molecule has 29 heavy (non-hydrogen) atoms.